The lowest BCUT2D eigenvalue weighted by atomic mass is 10.2. The average Bonchev–Trinajstić information content (AvgIpc) is 3.17. The van der Waals surface area contributed by atoms with E-state index in [1.807, 2.05) is 12.1 Å². The number of sulfonamides is 1. The van der Waals surface area contributed by atoms with E-state index in [1.54, 1.807) is 24.4 Å². The molecule has 0 bridgehead atoms. The molecule has 9 heteroatoms. The van der Waals surface area contributed by atoms with E-state index >= 15 is 0 Å². The third kappa shape index (κ3) is 3.31. The van der Waals surface area contributed by atoms with Gasteiger partial charge in [-0.25, -0.2) is 18.4 Å². The summed E-state index contributed by atoms with van der Waals surface area (Å²) in [4.78, 5) is 12.6. The van der Waals surface area contributed by atoms with E-state index in [0.717, 1.165) is 5.39 Å². The molecule has 3 aromatic rings. The molecule has 0 N–H and O–H groups in total. The van der Waals surface area contributed by atoms with E-state index < -0.39 is 10.0 Å². The molecule has 1 aliphatic heterocycles. The van der Waals surface area contributed by atoms with Crippen LogP contribution in [0.15, 0.2) is 53.8 Å². The van der Waals surface area contributed by atoms with E-state index in [0.29, 0.717) is 18.5 Å². The highest BCUT2D eigenvalue weighted by atomic mass is 32.2. The molecule has 0 radical (unpaired) electrons. The summed E-state index contributed by atoms with van der Waals surface area (Å²) in [6.45, 7) is 0.587. The minimum Gasteiger partial charge on any atom is -0.477 e. The Labute approximate surface area is 156 Å². The summed E-state index contributed by atoms with van der Waals surface area (Å²) in [5.41, 5.74) is 0.472. The topological polar surface area (TPSA) is 94.5 Å². The molecule has 0 spiro atoms. The highest BCUT2D eigenvalue weighted by Crippen LogP contribution is 2.29. The number of rotatable bonds is 5. The number of ether oxygens (including phenoxy) is 2. The summed E-state index contributed by atoms with van der Waals surface area (Å²) in [5.74, 6) is 0.535. The molecule has 4 rings (SSSR count). The Bertz CT molecular complexity index is 1070. The van der Waals surface area contributed by atoms with Gasteiger partial charge in [0.25, 0.3) is 11.8 Å². The van der Waals surface area contributed by atoms with Gasteiger partial charge in [-0.15, -0.1) is 0 Å². The van der Waals surface area contributed by atoms with E-state index in [1.165, 1.54) is 23.8 Å². The molecular formula is C18H18N4O4S. The number of nitrogens with zero attached hydrogens (tertiary/aromatic N) is 4. The fraction of sp³-hybridized carbons (Fsp3) is 0.278. The van der Waals surface area contributed by atoms with Crippen LogP contribution in [0.5, 0.6) is 11.8 Å². The third-order valence-electron chi connectivity index (χ3n) is 4.43. The summed E-state index contributed by atoms with van der Waals surface area (Å²) in [6, 6.07) is 8.79. The maximum atomic E-state index is 13.1. The van der Waals surface area contributed by atoms with Gasteiger partial charge < -0.3 is 9.47 Å². The second-order valence-electron chi connectivity index (χ2n) is 6.09. The lowest BCUT2D eigenvalue weighted by Gasteiger charge is -2.18. The molecule has 1 atom stereocenters. The lowest BCUT2D eigenvalue weighted by Crippen LogP contribution is -2.31. The van der Waals surface area contributed by atoms with Crippen molar-refractivity contribution in [3.8, 4) is 11.8 Å². The van der Waals surface area contributed by atoms with Gasteiger partial charge in [-0.2, -0.15) is 4.31 Å². The molecule has 0 amide bonds. The lowest BCUT2D eigenvalue weighted by molar-refractivity contribution is 0.194. The minimum absolute atomic E-state index is 0.207. The van der Waals surface area contributed by atoms with Crippen molar-refractivity contribution in [1.82, 2.24) is 19.3 Å². The van der Waals surface area contributed by atoms with Crippen LogP contribution in [-0.2, 0) is 10.0 Å². The van der Waals surface area contributed by atoms with Crippen molar-refractivity contribution in [3.63, 3.8) is 0 Å². The molecule has 1 aromatic carbocycles. The summed E-state index contributed by atoms with van der Waals surface area (Å²) >= 11 is 0. The molecule has 0 aliphatic carbocycles. The molecule has 0 unspecified atom stereocenters. The van der Waals surface area contributed by atoms with E-state index in [4.69, 9.17) is 9.47 Å². The first-order valence-electron chi connectivity index (χ1n) is 8.45. The number of fused-ring (bicyclic) bond motifs is 1. The fourth-order valence-corrected chi connectivity index (χ4v) is 4.78. The first-order chi connectivity index (χ1) is 13.1. The van der Waals surface area contributed by atoms with Crippen LogP contribution in [-0.4, -0.2) is 54.0 Å². The maximum absolute atomic E-state index is 13.1. The summed E-state index contributed by atoms with van der Waals surface area (Å²) in [7, 11) is -2.20. The minimum atomic E-state index is -3.68. The van der Waals surface area contributed by atoms with Crippen molar-refractivity contribution in [2.24, 2.45) is 0 Å². The Morgan fingerprint density at radius 2 is 1.81 bits per heavy atom. The van der Waals surface area contributed by atoms with Crippen LogP contribution in [0.3, 0.4) is 0 Å². The van der Waals surface area contributed by atoms with Crippen molar-refractivity contribution in [2.45, 2.75) is 17.4 Å². The molecule has 140 valence electrons. The van der Waals surface area contributed by atoms with E-state index in [-0.39, 0.29) is 29.3 Å². The van der Waals surface area contributed by atoms with Gasteiger partial charge >= 0.3 is 0 Å². The number of para-hydroxylation sites is 1. The SMILES string of the molecule is COc1nccnc1O[C@H]1CCN(S(=O)(=O)c2cccc3cccnc23)C1. The predicted octanol–water partition coefficient (Wildman–Crippen LogP) is 1.88. The Balaban J connectivity index is 1.57. The van der Waals surface area contributed by atoms with Crippen molar-refractivity contribution in [1.29, 1.82) is 0 Å². The normalized spacial score (nSPS) is 17.9. The summed E-state index contributed by atoms with van der Waals surface area (Å²) < 4.78 is 38.7. The summed E-state index contributed by atoms with van der Waals surface area (Å²) in [6.07, 6.45) is 4.83. The van der Waals surface area contributed by atoms with Gasteiger partial charge in [0.05, 0.1) is 19.2 Å². The molecule has 2 aromatic heterocycles. The van der Waals surface area contributed by atoms with Crippen LogP contribution in [0.2, 0.25) is 0 Å². The van der Waals surface area contributed by atoms with Crippen LogP contribution < -0.4 is 9.47 Å². The number of pyridine rings is 1. The van der Waals surface area contributed by atoms with Gasteiger partial charge in [0.1, 0.15) is 11.0 Å². The number of benzene rings is 1. The molecule has 1 saturated heterocycles. The zero-order chi connectivity index (χ0) is 18.9. The Kier molecular flexibility index (Phi) is 4.63. The number of methoxy groups -OCH3 is 1. The average molecular weight is 386 g/mol. The van der Waals surface area contributed by atoms with Crippen LogP contribution in [0.1, 0.15) is 6.42 Å². The number of hydrogen-bond acceptors (Lipinski definition) is 7. The van der Waals surface area contributed by atoms with Crippen LogP contribution in [0.4, 0.5) is 0 Å². The Morgan fingerprint density at radius 1 is 1.04 bits per heavy atom. The quantitative estimate of drug-likeness (QED) is 0.661. The second-order valence-corrected chi connectivity index (χ2v) is 8.00. The Morgan fingerprint density at radius 3 is 2.63 bits per heavy atom. The number of aromatic nitrogens is 3. The van der Waals surface area contributed by atoms with Gasteiger partial charge in [-0.05, 0) is 18.6 Å². The van der Waals surface area contributed by atoms with Gasteiger partial charge in [0.2, 0.25) is 10.0 Å². The zero-order valence-electron chi connectivity index (χ0n) is 14.6. The smallest absolute Gasteiger partial charge is 0.278 e. The fourth-order valence-electron chi connectivity index (χ4n) is 3.13. The molecule has 1 aliphatic rings. The van der Waals surface area contributed by atoms with Crippen molar-refractivity contribution in [3.05, 3.63) is 48.9 Å². The standard InChI is InChI=1S/C18H18N4O4S/c1-25-17-18(21-10-9-20-17)26-14-7-11-22(12-14)27(23,24)15-6-2-4-13-5-3-8-19-16(13)15/h2-6,8-10,14H,7,11-12H2,1H3/t14-/m0/s1. The molecule has 3 heterocycles. The van der Waals surface area contributed by atoms with Gasteiger partial charge in [0.15, 0.2) is 0 Å². The zero-order valence-corrected chi connectivity index (χ0v) is 15.5. The monoisotopic (exact) mass is 386 g/mol. The maximum Gasteiger partial charge on any atom is 0.278 e. The highest BCUT2D eigenvalue weighted by Gasteiger charge is 2.35. The Hall–Kier alpha value is -2.78. The molecule has 8 nitrogen and oxygen atoms in total. The van der Waals surface area contributed by atoms with Gasteiger partial charge in [0, 0.05) is 30.5 Å². The largest absolute Gasteiger partial charge is 0.477 e. The first-order valence-corrected chi connectivity index (χ1v) is 9.89. The van der Waals surface area contributed by atoms with Crippen molar-refractivity contribution in [2.75, 3.05) is 20.2 Å². The second kappa shape index (κ2) is 7.09. The third-order valence-corrected chi connectivity index (χ3v) is 6.32. The van der Waals surface area contributed by atoms with Crippen LogP contribution in [0, 0.1) is 0 Å². The van der Waals surface area contributed by atoms with Crippen molar-refractivity contribution < 1.29 is 17.9 Å². The molecule has 1 fully saturated rings. The first kappa shape index (κ1) is 17.6. The number of hydrogen-bond donors (Lipinski definition) is 0. The molecule has 27 heavy (non-hydrogen) atoms. The van der Waals surface area contributed by atoms with E-state index in [9.17, 15) is 8.42 Å². The van der Waals surface area contributed by atoms with Gasteiger partial charge in [-0.3, -0.25) is 4.98 Å². The highest BCUT2D eigenvalue weighted by molar-refractivity contribution is 7.89. The van der Waals surface area contributed by atoms with E-state index in [2.05, 4.69) is 15.0 Å². The van der Waals surface area contributed by atoms with Gasteiger partial charge in [-0.1, -0.05) is 18.2 Å². The summed E-state index contributed by atoms with van der Waals surface area (Å²) in [5, 5.41) is 0.787. The molecular weight excluding hydrogens is 368 g/mol. The van der Waals surface area contributed by atoms with Crippen molar-refractivity contribution >= 4 is 20.9 Å². The van der Waals surface area contributed by atoms with Crippen LogP contribution in [0.25, 0.3) is 10.9 Å². The predicted molar refractivity (Wildman–Crippen MR) is 98.1 cm³/mol. The van der Waals surface area contributed by atoms with Crippen LogP contribution >= 0.6 is 0 Å². The molecule has 0 saturated carbocycles.